The quantitative estimate of drug-likeness (QED) is 0.0925. The van der Waals surface area contributed by atoms with Crippen LogP contribution >= 0.6 is 0 Å². The number of hydrogen-bond acceptors (Lipinski definition) is 14. The van der Waals surface area contributed by atoms with Crippen LogP contribution in [0.3, 0.4) is 0 Å². The number of Topliss-reactive ketones (excluding diaryl/α,β-unsaturated/α-hetero) is 3. The van der Waals surface area contributed by atoms with Crippen LogP contribution in [0.25, 0.3) is 0 Å². The zero-order valence-corrected chi connectivity index (χ0v) is 45.9. The molecule has 0 spiro atoms. The van der Waals surface area contributed by atoms with E-state index in [9.17, 15) is 34.2 Å². The Morgan fingerprint density at radius 2 is 1.56 bits per heavy atom. The van der Waals surface area contributed by atoms with Crippen LogP contribution in [0, 0.1) is 35.5 Å². The summed E-state index contributed by atoms with van der Waals surface area (Å²) in [5.74, 6) is -7.87. The molecule has 1 amide bonds. The third-order valence-corrected chi connectivity index (χ3v) is 15.4. The maximum Gasteiger partial charge on any atom is 0.329 e. The smallest absolute Gasteiger partial charge is 0.329 e. The summed E-state index contributed by atoms with van der Waals surface area (Å²) in [6, 6.07) is -1.14. The van der Waals surface area contributed by atoms with Crippen LogP contribution in [0.5, 0.6) is 0 Å². The molecule has 0 aromatic rings. The second-order valence-electron chi connectivity index (χ2n) is 22.4. The summed E-state index contributed by atoms with van der Waals surface area (Å²) >= 11 is 0. The summed E-state index contributed by atoms with van der Waals surface area (Å²) in [5, 5.41) is 23.5. The number of carbonyl (C=O) groups excluding carboxylic acids is 5. The van der Waals surface area contributed by atoms with Gasteiger partial charge in [0.25, 0.3) is 11.7 Å². The number of ether oxygens (including phenoxy) is 7. The molecule has 1 unspecified atom stereocenters. The van der Waals surface area contributed by atoms with Crippen molar-refractivity contribution in [2.45, 2.75) is 206 Å². The average Bonchev–Trinajstić information content (AvgIpc) is 3.34. The minimum absolute atomic E-state index is 0.0176. The normalized spacial score (nSPS) is 37.9. The van der Waals surface area contributed by atoms with Crippen LogP contribution in [0.15, 0.2) is 47.6 Å². The van der Waals surface area contributed by atoms with Crippen molar-refractivity contribution in [3.8, 4) is 0 Å². The van der Waals surface area contributed by atoms with Crippen molar-refractivity contribution < 1.29 is 67.3 Å². The zero-order valence-electron chi connectivity index (χ0n) is 45.9. The highest BCUT2D eigenvalue weighted by Gasteiger charge is 2.53. The number of aliphatic hydroxyl groups is 2. The first-order chi connectivity index (χ1) is 33.9. The number of rotatable bonds is 10. The molecule has 1 saturated carbocycles. The first kappa shape index (κ1) is 61.1. The highest BCUT2D eigenvalue weighted by molar-refractivity contribution is 6.39. The van der Waals surface area contributed by atoms with E-state index in [1.165, 1.54) is 12.0 Å². The highest BCUT2D eigenvalue weighted by Crippen LogP contribution is 2.38. The lowest BCUT2D eigenvalue weighted by molar-refractivity contribution is -0.265. The van der Waals surface area contributed by atoms with Crippen molar-refractivity contribution >= 4 is 29.2 Å². The van der Waals surface area contributed by atoms with E-state index in [0.717, 1.165) is 18.4 Å². The van der Waals surface area contributed by atoms with Gasteiger partial charge >= 0.3 is 5.97 Å². The van der Waals surface area contributed by atoms with Crippen LogP contribution in [0.2, 0.25) is 0 Å². The van der Waals surface area contributed by atoms with Gasteiger partial charge in [0.2, 0.25) is 5.79 Å². The molecule has 2 bridgehead atoms. The molecule has 0 radical (unpaired) electrons. The van der Waals surface area contributed by atoms with Crippen molar-refractivity contribution in [1.82, 2.24) is 4.90 Å². The van der Waals surface area contributed by atoms with Gasteiger partial charge in [-0.25, -0.2) is 4.79 Å². The summed E-state index contributed by atoms with van der Waals surface area (Å²) in [4.78, 5) is 72.5. The van der Waals surface area contributed by atoms with E-state index < -0.39 is 77.8 Å². The molecule has 3 heterocycles. The van der Waals surface area contributed by atoms with Crippen molar-refractivity contribution in [3.05, 3.63) is 47.6 Å². The summed E-state index contributed by atoms with van der Waals surface area (Å²) in [6.07, 6.45) is 12.3. The SMILES string of the molecule is CO[C@H]1C[C@@H]2CC[C@@H](C)[C@@](O)(O2)C(=O)C(=O)N2CCCC[C@H]2C(=O)O[C@H]([C@H](C)CC2CC[C@@H](OCCOC(C)(C)C)[C@H](OC)C2)CC(=O)[C@H](C)/C=C(\C)[C@@H](O)[C@@H](OC)C(=O)[C@H](C)C[C@H](C)/C=C/C=C/C=C/1C. The molecule has 4 aliphatic rings. The standard InChI is InChI=1S/C57H91NO14/c1-35-19-15-14-16-20-36(2)47(66-11)33-43-24-22-41(7)57(65,72-43)53(62)54(63)58-26-18-17-21-44(58)55(64)71-48(34-45(59)37(3)30-40(6)51(61)52(68-13)50(60)39(5)29-35)38(4)31-42-23-25-46(49(32-42)67-12)69-27-28-70-56(8,9)10/h14-16,19-20,30,35,37-39,41-44,46-49,51-52,61,65H,17-18,21-29,31-34H2,1-13H3/b16-14+,19-15+,36-20+,40-30+/t35-,37-,38-,39-,41-,42?,43+,44+,46-,47+,48+,49-,51-,52+,57-/m1/s1. The van der Waals surface area contributed by atoms with E-state index in [-0.39, 0.29) is 66.5 Å². The first-order valence-electron chi connectivity index (χ1n) is 26.7. The maximum atomic E-state index is 14.6. The molecule has 4 rings (SSSR count). The minimum Gasteiger partial charge on any atom is -0.460 e. The number of aliphatic hydroxyl groups excluding tert-OH is 1. The molecule has 72 heavy (non-hydrogen) atoms. The predicted molar refractivity (Wildman–Crippen MR) is 275 cm³/mol. The van der Waals surface area contributed by atoms with Gasteiger partial charge in [0.05, 0.1) is 43.2 Å². The highest BCUT2D eigenvalue weighted by atomic mass is 16.6. The lowest BCUT2D eigenvalue weighted by Crippen LogP contribution is -2.61. The number of ketones is 3. The Morgan fingerprint density at radius 3 is 2.22 bits per heavy atom. The van der Waals surface area contributed by atoms with E-state index in [4.69, 9.17) is 33.2 Å². The Morgan fingerprint density at radius 1 is 0.833 bits per heavy atom. The first-order valence-corrected chi connectivity index (χ1v) is 26.7. The molecule has 15 heteroatoms. The van der Waals surface area contributed by atoms with E-state index in [1.54, 1.807) is 41.1 Å². The number of methoxy groups -OCH3 is 3. The van der Waals surface area contributed by atoms with Crippen LogP contribution < -0.4 is 0 Å². The van der Waals surface area contributed by atoms with Crippen molar-refractivity contribution in [2.24, 2.45) is 35.5 Å². The summed E-state index contributed by atoms with van der Waals surface area (Å²) in [5.41, 5.74) is 1.00. The van der Waals surface area contributed by atoms with E-state index >= 15 is 0 Å². The number of fused-ring (bicyclic) bond motifs is 3. The molecule has 408 valence electrons. The van der Waals surface area contributed by atoms with E-state index in [2.05, 4.69) is 0 Å². The Balaban J connectivity index is 1.67. The molecule has 15 atom stereocenters. The number of carbonyl (C=O) groups is 5. The number of nitrogens with zero attached hydrogens (tertiary/aromatic N) is 1. The van der Waals surface area contributed by atoms with Crippen LogP contribution in [0.4, 0.5) is 0 Å². The lowest BCUT2D eigenvalue weighted by Gasteiger charge is -2.42. The van der Waals surface area contributed by atoms with Gasteiger partial charge in [0.1, 0.15) is 30.1 Å². The Labute approximate surface area is 430 Å². The monoisotopic (exact) mass is 1010 g/mol. The number of esters is 1. The number of allylic oxidation sites excluding steroid dienone is 6. The Kier molecular flexibility index (Phi) is 24.2. The molecule has 0 aromatic heterocycles. The Hall–Kier alpha value is -3.41. The molecule has 0 aromatic carbocycles. The van der Waals surface area contributed by atoms with Gasteiger partial charge < -0.3 is 48.3 Å². The second kappa shape index (κ2) is 28.5. The van der Waals surface area contributed by atoms with Crippen LogP contribution in [-0.4, -0.2) is 146 Å². The topological polar surface area (TPSA) is 194 Å². The fourth-order valence-electron chi connectivity index (χ4n) is 10.8. The largest absolute Gasteiger partial charge is 0.460 e. The molecule has 2 N–H and O–H groups in total. The molecule has 15 nitrogen and oxygen atoms in total. The zero-order chi connectivity index (χ0) is 53.5. The molecular formula is C57H91NO14. The lowest BCUT2D eigenvalue weighted by atomic mass is 9.78. The fraction of sp³-hybridized carbons (Fsp3) is 0.772. The molecular weight excluding hydrogens is 923 g/mol. The van der Waals surface area contributed by atoms with Gasteiger partial charge in [-0.2, -0.15) is 0 Å². The molecule has 2 saturated heterocycles. The summed E-state index contributed by atoms with van der Waals surface area (Å²) in [7, 11) is 4.65. The van der Waals surface area contributed by atoms with Gasteiger partial charge in [0.15, 0.2) is 5.78 Å². The van der Waals surface area contributed by atoms with Crippen molar-refractivity contribution in [2.75, 3.05) is 41.1 Å². The third kappa shape index (κ3) is 17.3. The number of amides is 1. The van der Waals surface area contributed by atoms with Crippen molar-refractivity contribution in [3.63, 3.8) is 0 Å². The van der Waals surface area contributed by atoms with Gasteiger partial charge in [-0.15, -0.1) is 0 Å². The maximum absolute atomic E-state index is 14.6. The predicted octanol–water partition coefficient (Wildman–Crippen LogP) is 8.02. The number of hydrogen-bond donors (Lipinski definition) is 2. The van der Waals surface area contributed by atoms with Crippen LogP contribution in [-0.2, 0) is 57.1 Å². The summed E-state index contributed by atoms with van der Waals surface area (Å²) in [6.45, 7) is 19.8. The van der Waals surface area contributed by atoms with Crippen LogP contribution in [0.1, 0.15) is 146 Å². The van der Waals surface area contributed by atoms with Gasteiger partial charge in [0, 0.05) is 58.5 Å². The number of piperidine rings is 1. The van der Waals surface area contributed by atoms with Gasteiger partial charge in [-0.3, -0.25) is 19.2 Å². The van der Waals surface area contributed by atoms with Gasteiger partial charge in [-0.05, 0) is 128 Å². The van der Waals surface area contributed by atoms with E-state index in [0.29, 0.717) is 70.2 Å². The molecule has 3 aliphatic heterocycles. The Bertz CT molecular complexity index is 1920. The van der Waals surface area contributed by atoms with Gasteiger partial charge in [-0.1, -0.05) is 71.1 Å². The van der Waals surface area contributed by atoms with Crippen molar-refractivity contribution in [1.29, 1.82) is 0 Å². The second-order valence-corrected chi connectivity index (χ2v) is 22.4. The number of cyclic esters (lactones) is 1. The fourth-order valence-corrected chi connectivity index (χ4v) is 10.8. The summed E-state index contributed by atoms with van der Waals surface area (Å²) < 4.78 is 42.0. The minimum atomic E-state index is -2.43. The average molecular weight is 1010 g/mol. The third-order valence-electron chi connectivity index (χ3n) is 15.4. The molecule has 3 fully saturated rings. The van der Waals surface area contributed by atoms with E-state index in [1.807, 2.05) is 78.8 Å². The molecule has 1 aliphatic carbocycles.